The number of aromatic nitrogens is 2. The molecule has 0 atom stereocenters. The molecule has 0 unspecified atom stereocenters. The lowest BCUT2D eigenvalue weighted by atomic mass is 10.2. The van der Waals surface area contributed by atoms with E-state index in [1.807, 2.05) is 60.7 Å². The lowest BCUT2D eigenvalue weighted by Gasteiger charge is -2.10. The normalized spacial score (nSPS) is 11.2. The van der Waals surface area contributed by atoms with E-state index in [1.165, 1.54) is 0 Å². The number of rotatable bonds is 3. The second-order valence-electron chi connectivity index (χ2n) is 5.77. The molecule has 0 aliphatic heterocycles. The van der Waals surface area contributed by atoms with Gasteiger partial charge in [-0.15, -0.1) is 0 Å². The highest BCUT2D eigenvalue weighted by Crippen LogP contribution is 2.28. The first-order chi connectivity index (χ1) is 12.1. The number of para-hydroxylation sites is 2. The molecular formula is C20H13Cl3N2. The van der Waals surface area contributed by atoms with Crippen LogP contribution >= 0.6 is 34.8 Å². The molecule has 0 saturated heterocycles. The van der Waals surface area contributed by atoms with Crippen LogP contribution in [0.3, 0.4) is 0 Å². The first-order valence-corrected chi connectivity index (χ1v) is 8.90. The summed E-state index contributed by atoms with van der Waals surface area (Å²) in [4.78, 5) is 4.81. The number of hydrogen-bond donors (Lipinski definition) is 0. The van der Waals surface area contributed by atoms with E-state index in [1.54, 1.807) is 0 Å². The minimum Gasteiger partial charge on any atom is -0.319 e. The lowest BCUT2D eigenvalue weighted by molar-refractivity contribution is 0.834. The summed E-state index contributed by atoms with van der Waals surface area (Å²) < 4.78 is 2.18. The van der Waals surface area contributed by atoms with Crippen LogP contribution in [0.4, 0.5) is 0 Å². The molecule has 0 aliphatic carbocycles. The molecule has 0 amide bonds. The van der Waals surface area contributed by atoms with Crippen LogP contribution in [0.25, 0.3) is 22.4 Å². The molecule has 0 saturated carbocycles. The van der Waals surface area contributed by atoms with Gasteiger partial charge in [0, 0.05) is 17.1 Å². The first-order valence-electron chi connectivity index (χ1n) is 7.77. The van der Waals surface area contributed by atoms with Crippen molar-refractivity contribution in [3.8, 4) is 11.4 Å². The third kappa shape index (κ3) is 3.25. The Bertz CT molecular complexity index is 1050. The summed E-state index contributed by atoms with van der Waals surface area (Å²) in [5.74, 6) is 0.893. The highest BCUT2D eigenvalue weighted by Gasteiger charge is 2.13. The van der Waals surface area contributed by atoms with Crippen molar-refractivity contribution < 1.29 is 0 Å². The molecule has 124 valence electrons. The molecule has 4 aromatic rings. The van der Waals surface area contributed by atoms with Gasteiger partial charge in [0.15, 0.2) is 0 Å². The van der Waals surface area contributed by atoms with Crippen molar-refractivity contribution in [1.29, 1.82) is 0 Å². The van der Waals surface area contributed by atoms with Crippen LogP contribution in [0.1, 0.15) is 5.56 Å². The molecule has 3 aromatic carbocycles. The van der Waals surface area contributed by atoms with Gasteiger partial charge in [-0.3, -0.25) is 0 Å². The Hall–Kier alpha value is -2.00. The van der Waals surface area contributed by atoms with Crippen LogP contribution in [0.2, 0.25) is 15.1 Å². The molecule has 1 heterocycles. The average molecular weight is 388 g/mol. The van der Waals surface area contributed by atoms with Crippen LogP contribution in [0.15, 0.2) is 66.7 Å². The minimum atomic E-state index is 0.552. The van der Waals surface area contributed by atoms with Gasteiger partial charge in [0.25, 0.3) is 0 Å². The number of hydrogen-bond acceptors (Lipinski definition) is 1. The third-order valence-electron chi connectivity index (χ3n) is 4.08. The molecule has 1 aromatic heterocycles. The molecule has 0 fully saturated rings. The van der Waals surface area contributed by atoms with E-state index in [0.29, 0.717) is 21.6 Å². The molecule has 5 heteroatoms. The SMILES string of the molecule is Clc1ccc(-c2nc3ccccc3n2Cc2ccc(Cl)c(Cl)c2)cc1. The zero-order valence-electron chi connectivity index (χ0n) is 13.1. The summed E-state index contributed by atoms with van der Waals surface area (Å²) in [6, 6.07) is 21.5. The molecule has 4 rings (SSSR count). The van der Waals surface area contributed by atoms with Crippen molar-refractivity contribution in [1.82, 2.24) is 9.55 Å². The van der Waals surface area contributed by atoms with Gasteiger partial charge in [0.1, 0.15) is 5.82 Å². The zero-order chi connectivity index (χ0) is 17.4. The summed E-state index contributed by atoms with van der Waals surface area (Å²) in [5.41, 5.74) is 4.10. The molecule has 0 spiro atoms. The molecule has 0 radical (unpaired) electrons. The maximum atomic E-state index is 6.17. The smallest absolute Gasteiger partial charge is 0.141 e. The van der Waals surface area contributed by atoms with E-state index in [2.05, 4.69) is 10.6 Å². The fourth-order valence-corrected chi connectivity index (χ4v) is 3.32. The van der Waals surface area contributed by atoms with Gasteiger partial charge >= 0.3 is 0 Å². The summed E-state index contributed by atoms with van der Waals surface area (Å²) in [6.45, 7) is 0.648. The van der Waals surface area contributed by atoms with E-state index in [0.717, 1.165) is 28.0 Å². The van der Waals surface area contributed by atoms with Gasteiger partial charge < -0.3 is 4.57 Å². The van der Waals surface area contributed by atoms with Crippen molar-refractivity contribution in [2.24, 2.45) is 0 Å². The van der Waals surface area contributed by atoms with Crippen LogP contribution < -0.4 is 0 Å². The largest absolute Gasteiger partial charge is 0.319 e. The van der Waals surface area contributed by atoms with Gasteiger partial charge in [-0.2, -0.15) is 0 Å². The van der Waals surface area contributed by atoms with Crippen molar-refractivity contribution in [3.05, 3.63) is 87.4 Å². The van der Waals surface area contributed by atoms with Gasteiger partial charge in [0.2, 0.25) is 0 Å². The second-order valence-corrected chi connectivity index (χ2v) is 7.02. The third-order valence-corrected chi connectivity index (χ3v) is 5.07. The molecular weight excluding hydrogens is 375 g/mol. The fourth-order valence-electron chi connectivity index (χ4n) is 2.88. The van der Waals surface area contributed by atoms with E-state index >= 15 is 0 Å². The number of benzene rings is 3. The van der Waals surface area contributed by atoms with Crippen LogP contribution in [-0.4, -0.2) is 9.55 Å². The fraction of sp³-hybridized carbons (Fsp3) is 0.0500. The average Bonchev–Trinajstić information content (AvgIpc) is 2.97. The van der Waals surface area contributed by atoms with Crippen LogP contribution in [0, 0.1) is 0 Å². The zero-order valence-corrected chi connectivity index (χ0v) is 15.4. The van der Waals surface area contributed by atoms with Crippen LogP contribution in [-0.2, 0) is 6.54 Å². The number of nitrogens with zero attached hydrogens (tertiary/aromatic N) is 2. The molecule has 25 heavy (non-hydrogen) atoms. The Morgan fingerprint density at radius 2 is 1.56 bits per heavy atom. The summed E-state index contributed by atoms with van der Waals surface area (Å²) >= 11 is 18.2. The predicted molar refractivity (Wildman–Crippen MR) is 106 cm³/mol. The monoisotopic (exact) mass is 386 g/mol. The van der Waals surface area contributed by atoms with E-state index in [-0.39, 0.29) is 0 Å². The van der Waals surface area contributed by atoms with Gasteiger partial charge in [0.05, 0.1) is 21.1 Å². The summed E-state index contributed by atoms with van der Waals surface area (Å²) in [7, 11) is 0. The van der Waals surface area contributed by atoms with E-state index in [4.69, 9.17) is 39.8 Å². The minimum absolute atomic E-state index is 0.552. The quantitative estimate of drug-likeness (QED) is 0.382. The topological polar surface area (TPSA) is 17.8 Å². The van der Waals surface area contributed by atoms with Crippen LogP contribution in [0.5, 0.6) is 0 Å². The standard InChI is InChI=1S/C20H13Cl3N2/c21-15-8-6-14(7-9-15)20-24-18-3-1-2-4-19(18)25(20)12-13-5-10-16(22)17(23)11-13/h1-11H,12H2. The highest BCUT2D eigenvalue weighted by molar-refractivity contribution is 6.42. The van der Waals surface area contributed by atoms with Crippen molar-refractivity contribution in [3.63, 3.8) is 0 Å². The highest BCUT2D eigenvalue weighted by atomic mass is 35.5. The van der Waals surface area contributed by atoms with Crippen molar-refractivity contribution in [2.75, 3.05) is 0 Å². The molecule has 0 bridgehead atoms. The molecule has 2 nitrogen and oxygen atoms in total. The predicted octanol–water partition coefficient (Wildman–Crippen LogP) is 6.71. The number of imidazole rings is 1. The lowest BCUT2D eigenvalue weighted by Crippen LogP contribution is -2.02. The van der Waals surface area contributed by atoms with Gasteiger partial charge in [-0.05, 0) is 54.1 Å². The summed E-state index contributed by atoms with van der Waals surface area (Å²) in [5, 5.41) is 1.81. The van der Waals surface area contributed by atoms with E-state index in [9.17, 15) is 0 Å². The number of fused-ring (bicyclic) bond motifs is 1. The Labute approximate surface area is 160 Å². The van der Waals surface area contributed by atoms with E-state index < -0.39 is 0 Å². The van der Waals surface area contributed by atoms with Crippen molar-refractivity contribution >= 4 is 45.8 Å². The second kappa shape index (κ2) is 6.72. The Morgan fingerprint density at radius 1 is 0.800 bits per heavy atom. The Kier molecular flexibility index (Phi) is 4.43. The maximum absolute atomic E-state index is 6.17. The maximum Gasteiger partial charge on any atom is 0.141 e. The van der Waals surface area contributed by atoms with Crippen molar-refractivity contribution in [2.45, 2.75) is 6.54 Å². The molecule has 0 N–H and O–H groups in total. The Balaban J connectivity index is 1.87. The Morgan fingerprint density at radius 3 is 2.32 bits per heavy atom. The van der Waals surface area contributed by atoms with Gasteiger partial charge in [-0.25, -0.2) is 4.98 Å². The summed E-state index contributed by atoms with van der Waals surface area (Å²) in [6.07, 6.45) is 0. The number of halogens is 3. The van der Waals surface area contributed by atoms with Gasteiger partial charge in [-0.1, -0.05) is 53.0 Å². The molecule has 0 aliphatic rings. The first kappa shape index (κ1) is 16.5.